The largest absolute Gasteiger partial charge is 0.387 e. The maximum absolute atomic E-state index is 10.1. The molecule has 0 aliphatic rings. The Morgan fingerprint density at radius 3 is 2.60 bits per heavy atom. The summed E-state index contributed by atoms with van der Waals surface area (Å²) < 4.78 is 0. The molecule has 3 nitrogen and oxygen atoms in total. The second-order valence-electron chi connectivity index (χ2n) is 4.74. The van der Waals surface area contributed by atoms with Gasteiger partial charge in [0, 0.05) is 18.8 Å². The summed E-state index contributed by atoms with van der Waals surface area (Å²) in [5.74, 6) is 0. The molecule has 0 amide bonds. The highest BCUT2D eigenvalue weighted by Crippen LogP contribution is 2.10. The van der Waals surface area contributed by atoms with Crippen molar-refractivity contribution in [1.29, 1.82) is 0 Å². The quantitative estimate of drug-likeness (QED) is 0.846. The van der Waals surface area contributed by atoms with E-state index >= 15 is 0 Å². The van der Waals surface area contributed by atoms with Gasteiger partial charge < -0.3 is 10.4 Å². The van der Waals surface area contributed by atoms with E-state index in [2.05, 4.69) is 17.2 Å². The Hall–Kier alpha value is -1.97. The first-order valence-electron chi connectivity index (χ1n) is 6.81. The van der Waals surface area contributed by atoms with Crippen LogP contribution in [0.4, 0.5) is 0 Å². The first kappa shape index (κ1) is 14.4. The highest BCUT2D eigenvalue weighted by molar-refractivity contribution is 5.44. The first-order chi connectivity index (χ1) is 9.75. The van der Waals surface area contributed by atoms with Gasteiger partial charge >= 0.3 is 0 Å². The van der Waals surface area contributed by atoms with E-state index in [1.165, 1.54) is 0 Å². The van der Waals surface area contributed by atoms with Crippen molar-refractivity contribution in [2.45, 2.75) is 19.1 Å². The highest BCUT2D eigenvalue weighted by Gasteiger charge is 2.07. The average molecular weight is 268 g/mol. The molecule has 1 aromatic heterocycles. The van der Waals surface area contributed by atoms with Crippen molar-refractivity contribution in [2.24, 2.45) is 0 Å². The molecule has 0 fully saturated rings. The summed E-state index contributed by atoms with van der Waals surface area (Å²) >= 11 is 0. The van der Waals surface area contributed by atoms with Gasteiger partial charge in [-0.15, -0.1) is 0 Å². The van der Waals surface area contributed by atoms with Gasteiger partial charge in [0.1, 0.15) is 0 Å². The molecule has 0 bridgehead atoms. The molecular formula is C17H20N2O. The molecule has 1 aromatic carbocycles. The van der Waals surface area contributed by atoms with Crippen molar-refractivity contribution in [3.8, 4) is 0 Å². The summed E-state index contributed by atoms with van der Waals surface area (Å²) in [6, 6.07) is 15.7. The predicted molar refractivity (Wildman–Crippen MR) is 82.1 cm³/mol. The summed E-state index contributed by atoms with van der Waals surface area (Å²) in [6.45, 7) is 2.58. The fourth-order valence-electron chi connectivity index (χ4n) is 1.88. The minimum Gasteiger partial charge on any atom is -0.387 e. The highest BCUT2D eigenvalue weighted by atomic mass is 16.3. The Balaban J connectivity index is 1.81. The summed E-state index contributed by atoms with van der Waals surface area (Å²) in [6.07, 6.45) is 5.31. The van der Waals surface area contributed by atoms with E-state index < -0.39 is 6.10 Å². The smallest absolute Gasteiger partial charge is 0.0914 e. The maximum Gasteiger partial charge on any atom is 0.0914 e. The van der Waals surface area contributed by atoms with Crippen LogP contribution < -0.4 is 5.32 Å². The van der Waals surface area contributed by atoms with Gasteiger partial charge in [-0.1, -0.05) is 42.5 Å². The Morgan fingerprint density at radius 2 is 1.90 bits per heavy atom. The normalized spacial score (nSPS) is 14.3. The van der Waals surface area contributed by atoms with Crippen molar-refractivity contribution in [2.75, 3.05) is 6.54 Å². The lowest BCUT2D eigenvalue weighted by atomic mass is 10.1. The number of pyridine rings is 1. The van der Waals surface area contributed by atoms with Gasteiger partial charge in [0.15, 0.2) is 0 Å². The van der Waals surface area contributed by atoms with E-state index in [9.17, 15) is 5.11 Å². The maximum atomic E-state index is 10.1. The third kappa shape index (κ3) is 4.61. The Morgan fingerprint density at radius 1 is 1.15 bits per heavy atom. The molecule has 0 radical (unpaired) electrons. The molecule has 104 valence electrons. The van der Waals surface area contributed by atoms with Crippen LogP contribution in [0.15, 0.2) is 60.8 Å². The molecule has 2 aromatic rings. The first-order valence-corrected chi connectivity index (χ1v) is 6.81. The topological polar surface area (TPSA) is 45.2 Å². The molecular weight excluding hydrogens is 248 g/mol. The number of aliphatic hydroxyl groups excluding tert-OH is 1. The number of hydrogen-bond acceptors (Lipinski definition) is 3. The van der Waals surface area contributed by atoms with Crippen molar-refractivity contribution in [1.82, 2.24) is 10.3 Å². The van der Waals surface area contributed by atoms with Gasteiger partial charge in [-0.3, -0.25) is 4.98 Å². The van der Waals surface area contributed by atoms with Gasteiger partial charge in [0.25, 0.3) is 0 Å². The fraction of sp³-hybridized carbons (Fsp3) is 0.235. The van der Waals surface area contributed by atoms with E-state index in [0.717, 1.165) is 11.3 Å². The van der Waals surface area contributed by atoms with Crippen LogP contribution in [0.1, 0.15) is 24.3 Å². The number of nitrogens with zero attached hydrogens (tertiary/aromatic N) is 1. The number of rotatable bonds is 6. The molecule has 0 saturated carbocycles. The Bertz CT molecular complexity index is 525. The molecule has 3 heteroatoms. The van der Waals surface area contributed by atoms with Crippen LogP contribution >= 0.6 is 0 Å². The van der Waals surface area contributed by atoms with Crippen LogP contribution in [0.25, 0.3) is 6.08 Å². The second-order valence-corrected chi connectivity index (χ2v) is 4.74. The number of aromatic nitrogens is 1. The van der Waals surface area contributed by atoms with Gasteiger partial charge in [-0.2, -0.15) is 0 Å². The molecule has 2 N–H and O–H groups in total. The van der Waals surface area contributed by atoms with Crippen LogP contribution in [-0.2, 0) is 0 Å². The van der Waals surface area contributed by atoms with Gasteiger partial charge in [-0.05, 0) is 30.7 Å². The molecule has 2 unspecified atom stereocenters. The fourth-order valence-corrected chi connectivity index (χ4v) is 1.88. The predicted octanol–water partition coefficient (Wildman–Crippen LogP) is 2.81. The second kappa shape index (κ2) is 7.58. The number of hydrogen-bond donors (Lipinski definition) is 2. The van der Waals surface area contributed by atoms with Gasteiger partial charge in [0.05, 0.1) is 11.8 Å². The Labute approximate surface area is 120 Å². The van der Waals surface area contributed by atoms with Gasteiger partial charge in [-0.25, -0.2) is 0 Å². The third-order valence-corrected chi connectivity index (χ3v) is 3.06. The molecule has 1 heterocycles. The van der Waals surface area contributed by atoms with Crippen molar-refractivity contribution >= 4 is 6.08 Å². The lowest BCUT2D eigenvalue weighted by molar-refractivity contribution is 0.173. The zero-order valence-electron chi connectivity index (χ0n) is 11.6. The SMILES string of the molecule is CC(/C=C/c1ccccn1)NCC(O)c1ccccc1. The Kier molecular flexibility index (Phi) is 5.47. The lowest BCUT2D eigenvalue weighted by Crippen LogP contribution is -2.28. The molecule has 20 heavy (non-hydrogen) atoms. The van der Waals surface area contributed by atoms with E-state index in [0.29, 0.717) is 6.54 Å². The van der Waals surface area contributed by atoms with Crippen LogP contribution in [0.5, 0.6) is 0 Å². The number of benzene rings is 1. The minimum atomic E-state index is -0.484. The summed E-state index contributed by atoms with van der Waals surface area (Å²) in [7, 11) is 0. The summed E-state index contributed by atoms with van der Waals surface area (Å²) in [5, 5.41) is 13.3. The molecule has 0 saturated heterocycles. The number of aliphatic hydroxyl groups is 1. The standard InChI is InChI=1S/C17H20N2O/c1-14(10-11-16-9-5-6-12-18-16)19-13-17(20)15-7-3-2-4-8-15/h2-12,14,17,19-20H,13H2,1H3/b11-10+. The lowest BCUT2D eigenvalue weighted by Gasteiger charge is -2.15. The van der Waals surface area contributed by atoms with E-state index in [1.807, 2.05) is 60.7 Å². The van der Waals surface area contributed by atoms with Crippen LogP contribution in [-0.4, -0.2) is 22.7 Å². The monoisotopic (exact) mass is 268 g/mol. The van der Waals surface area contributed by atoms with Crippen LogP contribution in [0.3, 0.4) is 0 Å². The van der Waals surface area contributed by atoms with Crippen molar-refractivity contribution < 1.29 is 5.11 Å². The molecule has 2 atom stereocenters. The molecule has 2 rings (SSSR count). The summed E-state index contributed by atoms with van der Waals surface area (Å²) in [4.78, 5) is 4.23. The van der Waals surface area contributed by atoms with E-state index in [-0.39, 0.29) is 6.04 Å². The minimum absolute atomic E-state index is 0.176. The molecule has 0 spiro atoms. The van der Waals surface area contributed by atoms with Crippen molar-refractivity contribution in [3.05, 3.63) is 72.1 Å². The van der Waals surface area contributed by atoms with Gasteiger partial charge in [0.2, 0.25) is 0 Å². The summed E-state index contributed by atoms with van der Waals surface area (Å²) in [5.41, 5.74) is 1.87. The van der Waals surface area contributed by atoms with E-state index in [4.69, 9.17) is 0 Å². The number of nitrogens with one attached hydrogen (secondary N) is 1. The average Bonchev–Trinajstić information content (AvgIpc) is 2.52. The third-order valence-electron chi connectivity index (χ3n) is 3.06. The molecule has 0 aliphatic heterocycles. The van der Waals surface area contributed by atoms with E-state index in [1.54, 1.807) is 6.20 Å². The molecule has 0 aliphatic carbocycles. The van der Waals surface area contributed by atoms with Crippen LogP contribution in [0.2, 0.25) is 0 Å². The zero-order valence-corrected chi connectivity index (χ0v) is 11.6. The van der Waals surface area contributed by atoms with Crippen LogP contribution in [0, 0.1) is 0 Å². The zero-order chi connectivity index (χ0) is 14.2. The van der Waals surface area contributed by atoms with Crippen molar-refractivity contribution in [3.63, 3.8) is 0 Å².